The molecule has 0 aliphatic heterocycles. The van der Waals surface area contributed by atoms with E-state index in [-0.39, 0.29) is 12.0 Å². The van der Waals surface area contributed by atoms with E-state index in [0.717, 1.165) is 6.42 Å². The van der Waals surface area contributed by atoms with Crippen LogP contribution in [-0.2, 0) is 0 Å². The van der Waals surface area contributed by atoms with E-state index in [9.17, 15) is 8.78 Å². The summed E-state index contributed by atoms with van der Waals surface area (Å²) in [6.07, 6.45) is -1.43. The minimum atomic E-state index is -2.27. The van der Waals surface area contributed by atoms with Gasteiger partial charge in [0.05, 0.1) is 6.54 Å². The number of hydrogen-bond acceptors (Lipinski definition) is 1. The highest BCUT2D eigenvalue weighted by molar-refractivity contribution is 6.17. The molecular weight excluding hydrogens is 184 g/mol. The van der Waals surface area contributed by atoms with Crippen LogP contribution in [0.3, 0.4) is 0 Å². The zero-order valence-electron chi connectivity index (χ0n) is 7.54. The minimum Gasteiger partial charge on any atom is -0.311 e. The van der Waals surface area contributed by atoms with Gasteiger partial charge in [-0.05, 0) is 11.8 Å². The molecule has 0 fully saturated rings. The van der Waals surface area contributed by atoms with Gasteiger partial charge in [0.1, 0.15) is 0 Å². The summed E-state index contributed by atoms with van der Waals surface area (Å²) in [6.45, 7) is 4.37. The number of alkyl halides is 3. The van der Waals surface area contributed by atoms with Crippen LogP contribution in [0.1, 0.15) is 20.3 Å². The molecular formula is C8H16ClF2N. The van der Waals surface area contributed by atoms with Gasteiger partial charge in [-0.25, -0.2) is 8.78 Å². The number of halogens is 3. The number of rotatable bonds is 6. The highest BCUT2D eigenvalue weighted by Crippen LogP contribution is 2.19. The van der Waals surface area contributed by atoms with Crippen molar-refractivity contribution in [2.75, 3.05) is 19.0 Å². The van der Waals surface area contributed by atoms with Crippen LogP contribution in [0.25, 0.3) is 0 Å². The first-order valence-electron chi connectivity index (χ1n) is 4.03. The van der Waals surface area contributed by atoms with Crippen LogP contribution >= 0.6 is 11.6 Å². The molecule has 0 heterocycles. The van der Waals surface area contributed by atoms with E-state index in [0.29, 0.717) is 12.4 Å². The van der Waals surface area contributed by atoms with E-state index in [1.165, 1.54) is 0 Å². The lowest BCUT2D eigenvalue weighted by molar-refractivity contribution is 0.140. The van der Waals surface area contributed by atoms with Crippen LogP contribution in [0, 0.1) is 5.41 Å². The van der Waals surface area contributed by atoms with Gasteiger partial charge in [0, 0.05) is 12.4 Å². The van der Waals surface area contributed by atoms with Crippen molar-refractivity contribution >= 4 is 11.6 Å². The third-order valence-electron chi connectivity index (χ3n) is 1.67. The van der Waals surface area contributed by atoms with Gasteiger partial charge in [-0.1, -0.05) is 13.8 Å². The summed E-state index contributed by atoms with van der Waals surface area (Å²) in [7, 11) is 0. The third kappa shape index (κ3) is 6.80. The molecule has 0 rings (SSSR count). The first kappa shape index (κ1) is 12.1. The zero-order chi connectivity index (χ0) is 9.61. The largest absolute Gasteiger partial charge is 0.311 e. The Morgan fingerprint density at radius 1 is 1.42 bits per heavy atom. The summed E-state index contributed by atoms with van der Waals surface area (Å²) < 4.78 is 23.4. The Labute approximate surface area is 77.5 Å². The molecule has 4 heteroatoms. The van der Waals surface area contributed by atoms with E-state index in [1.54, 1.807) is 0 Å². The molecule has 0 spiro atoms. The van der Waals surface area contributed by atoms with Crippen molar-refractivity contribution in [3.8, 4) is 0 Å². The number of nitrogens with one attached hydrogen (secondary N) is 1. The topological polar surface area (TPSA) is 12.0 Å². The normalized spacial score (nSPS) is 12.5. The van der Waals surface area contributed by atoms with E-state index in [4.69, 9.17) is 11.6 Å². The fraction of sp³-hybridized carbons (Fsp3) is 1.00. The van der Waals surface area contributed by atoms with Crippen LogP contribution in [0.2, 0.25) is 0 Å². The Hall–Kier alpha value is 0.110. The molecule has 0 amide bonds. The van der Waals surface area contributed by atoms with E-state index < -0.39 is 6.43 Å². The van der Waals surface area contributed by atoms with Gasteiger partial charge in [-0.2, -0.15) is 0 Å². The van der Waals surface area contributed by atoms with Crippen molar-refractivity contribution < 1.29 is 8.78 Å². The molecule has 1 nitrogen and oxygen atoms in total. The molecule has 0 aromatic carbocycles. The standard InChI is InChI=1S/C8H16ClF2N/c1-8(2,3-4-9)6-12-5-7(10)11/h7,12H,3-6H2,1-2H3. The SMILES string of the molecule is CC(C)(CCCl)CNCC(F)F. The van der Waals surface area contributed by atoms with Crippen molar-refractivity contribution in [3.05, 3.63) is 0 Å². The molecule has 1 N–H and O–H groups in total. The quantitative estimate of drug-likeness (QED) is 0.649. The van der Waals surface area contributed by atoms with Gasteiger partial charge in [0.25, 0.3) is 6.43 Å². The maximum atomic E-state index is 11.7. The van der Waals surface area contributed by atoms with Crippen LogP contribution in [0.5, 0.6) is 0 Å². The van der Waals surface area contributed by atoms with Gasteiger partial charge in [0.15, 0.2) is 0 Å². The molecule has 0 bridgehead atoms. The average molecular weight is 200 g/mol. The summed E-state index contributed by atoms with van der Waals surface area (Å²) in [6, 6.07) is 0. The molecule has 0 atom stereocenters. The van der Waals surface area contributed by atoms with Crippen molar-refractivity contribution in [1.29, 1.82) is 0 Å². The van der Waals surface area contributed by atoms with Gasteiger partial charge < -0.3 is 5.32 Å². The first-order valence-corrected chi connectivity index (χ1v) is 4.56. The van der Waals surface area contributed by atoms with Crippen molar-refractivity contribution in [2.45, 2.75) is 26.7 Å². The fourth-order valence-electron chi connectivity index (χ4n) is 0.864. The van der Waals surface area contributed by atoms with Gasteiger partial charge in [0.2, 0.25) is 0 Å². The maximum Gasteiger partial charge on any atom is 0.250 e. The van der Waals surface area contributed by atoms with Crippen LogP contribution in [0.15, 0.2) is 0 Å². The molecule has 0 radical (unpaired) electrons. The predicted molar refractivity (Wildman–Crippen MR) is 48.0 cm³/mol. The predicted octanol–water partition coefficient (Wildman–Crippen LogP) is 2.50. The van der Waals surface area contributed by atoms with Gasteiger partial charge in [-0.3, -0.25) is 0 Å². The summed E-state index contributed by atoms with van der Waals surface area (Å²) in [5.41, 5.74) is 0.0106. The van der Waals surface area contributed by atoms with E-state index >= 15 is 0 Å². The maximum absolute atomic E-state index is 11.7. The molecule has 0 aromatic heterocycles. The lowest BCUT2D eigenvalue weighted by Crippen LogP contribution is -2.32. The highest BCUT2D eigenvalue weighted by Gasteiger charge is 2.16. The molecule has 0 aromatic rings. The zero-order valence-corrected chi connectivity index (χ0v) is 8.30. The van der Waals surface area contributed by atoms with E-state index in [2.05, 4.69) is 5.32 Å². The Morgan fingerprint density at radius 2 is 2.00 bits per heavy atom. The monoisotopic (exact) mass is 199 g/mol. The van der Waals surface area contributed by atoms with Crippen LogP contribution in [0.4, 0.5) is 8.78 Å². The Kier molecular flexibility index (Phi) is 5.76. The second-order valence-corrected chi connectivity index (χ2v) is 4.00. The summed E-state index contributed by atoms with van der Waals surface area (Å²) >= 11 is 5.55. The summed E-state index contributed by atoms with van der Waals surface area (Å²) in [4.78, 5) is 0. The van der Waals surface area contributed by atoms with Crippen molar-refractivity contribution in [2.24, 2.45) is 5.41 Å². The van der Waals surface area contributed by atoms with Gasteiger partial charge >= 0.3 is 0 Å². The molecule has 0 aliphatic rings. The third-order valence-corrected chi connectivity index (χ3v) is 1.86. The second kappa shape index (κ2) is 5.70. The van der Waals surface area contributed by atoms with Crippen LogP contribution in [-0.4, -0.2) is 25.4 Å². The molecule has 74 valence electrons. The fourth-order valence-corrected chi connectivity index (χ4v) is 1.38. The highest BCUT2D eigenvalue weighted by atomic mass is 35.5. The lowest BCUT2D eigenvalue weighted by atomic mass is 9.90. The average Bonchev–Trinajstić information content (AvgIpc) is 1.85. The molecule has 12 heavy (non-hydrogen) atoms. The first-order chi connectivity index (χ1) is 5.48. The lowest BCUT2D eigenvalue weighted by Gasteiger charge is -2.23. The smallest absolute Gasteiger partial charge is 0.250 e. The van der Waals surface area contributed by atoms with E-state index in [1.807, 2.05) is 13.8 Å². The molecule has 0 saturated heterocycles. The van der Waals surface area contributed by atoms with Gasteiger partial charge in [-0.15, -0.1) is 11.6 Å². The number of hydrogen-bond donors (Lipinski definition) is 1. The Balaban J connectivity index is 3.46. The van der Waals surface area contributed by atoms with Crippen molar-refractivity contribution in [1.82, 2.24) is 5.32 Å². The second-order valence-electron chi connectivity index (χ2n) is 3.63. The van der Waals surface area contributed by atoms with Crippen LogP contribution < -0.4 is 5.32 Å². The Morgan fingerprint density at radius 3 is 2.42 bits per heavy atom. The van der Waals surface area contributed by atoms with Crippen molar-refractivity contribution in [3.63, 3.8) is 0 Å². The molecule has 0 aliphatic carbocycles. The minimum absolute atomic E-state index is 0.0106. The summed E-state index contributed by atoms with van der Waals surface area (Å²) in [5.74, 6) is 0.573. The molecule has 0 saturated carbocycles. The Bertz CT molecular complexity index is 118. The molecule has 0 unspecified atom stereocenters. The summed E-state index contributed by atoms with van der Waals surface area (Å²) in [5, 5.41) is 2.70.